The summed E-state index contributed by atoms with van der Waals surface area (Å²) in [5, 5.41) is 9.82. The molecule has 0 saturated carbocycles. The normalized spacial score (nSPS) is 12.6. The lowest BCUT2D eigenvalue weighted by Gasteiger charge is -1.96. The summed E-state index contributed by atoms with van der Waals surface area (Å²) in [6.45, 7) is 1.86. The van der Waals surface area contributed by atoms with Gasteiger partial charge < -0.3 is 10.3 Å². The minimum absolute atomic E-state index is 0.0333. The molecule has 2 aromatic heterocycles. The lowest BCUT2D eigenvalue weighted by atomic mass is 10.2. The molecule has 3 N–H and O–H groups in total. The van der Waals surface area contributed by atoms with Crippen LogP contribution in [-0.4, -0.2) is 26.4 Å². The zero-order valence-corrected chi connectivity index (χ0v) is 8.67. The van der Waals surface area contributed by atoms with Crippen molar-refractivity contribution in [1.29, 1.82) is 0 Å². The van der Waals surface area contributed by atoms with Gasteiger partial charge in [0.2, 0.25) is 0 Å². The minimum atomic E-state index is -0.279. The van der Waals surface area contributed by atoms with Gasteiger partial charge in [0, 0.05) is 18.5 Å². The molecule has 0 saturated heterocycles. The van der Waals surface area contributed by atoms with Crippen molar-refractivity contribution >= 4 is 0 Å². The molecule has 0 aliphatic carbocycles. The van der Waals surface area contributed by atoms with Gasteiger partial charge in [0.25, 0.3) is 11.4 Å². The van der Waals surface area contributed by atoms with E-state index in [4.69, 9.17) is 10.3 Å². The Kier molecular flexibility index (Phi) is 2.78. The summed E-state index contributed by atoms with van der Waals surface area (Å²) >= 11 is 0. The summed E-state index contributed by atoms with van der Waals surface area (Å²) in [6, 6.07) is 2.83. The van der Waals surface area contributed by atoms with Crippen molar-refractivity contribution in [1.82, 2.24) is 20.3 Å². The van der Waals surface area contributed by atoms with Gasteiger partial charge in [-0.05, 0) is 13.0 Å². The summed E-state index contributed by atoms with van der Waals surface area (Å²) in [7, 11) is 0. The predicted octanol–water partition coefficient (Wildman–Crippen LogP) is -0.290. The van der Waals surface area contributed by atoms with Gasteiger partial charge in [-0.3, -0.25) is 4.79 Å². The fourth-order valence-corrected chi connectivity index (χ4v) is 1.19. The lowest BCUT2D eigenvalue weighted by molar-refractivity contribution is 0.419. The molecule has 0 spiro atoms. The van der Waals surface area contributed by atoms with Gasteiger partial charge in [-0.25, -0.2) is 5.10 Å². The number of hydrogen-bond donors (Lipinski definition) is 2. The first-order chi connectivity index (χ1) is 7.65. The third-order valence-corrected chi connectivity index (χ3v) is 1.87. The first-order valence-corrected chi connectivity index (χ1v) is 4.79. The molecule has 1 atom stereocenters. The van der Waals surface area contributed by atoms with E-state index in [1.54, 1.807) is 0 Å². The van der Waals surface area contributed by atoms with Crippen LogP contribution in [-0.2, 0) is 6.42 Å². The van der Waals surface area contributed by atoms with Crippen molar-refractivity contribution < 1.29 is 4.52 Å². The molecule has 2 heterocycles. The second kappa shape index (κ2) is 4.23. The van der Waals surface area contributed by atoms with E-state index in [9.17, 15) is 4.79 Å². The van der Waals surface area contributed by atoms with Gasteiger partial charge in [0.1, 0.15) is 5.69 Å². The van der Waals surface area contributed by atoms with Crippen molar-refractivity contribution in [3.8, 4) is 11.6 Å². The van der Waals surface area contributed by atoms with Crippen LogP contribution in [0.4, 0.5) is 0 Å². The number of aromatic amines is 1. The molecule has 2 rings (SSSR count). The highest BCUT2D eigenvalue weighted by atomic mass is 16.5. The van der Waals surface area contributed by atoms with Crippen LogP contribution in [0.1, 0.15) is 12.7 Å². The summed E-state index contributed by atoms with van der Waals surface area (Å²) in [4.78, 5) is 14.9. The summed E-state index contributed by atoms with van der Waals surface area (Å²) < 4.78 is 4.99. The van der Waals surface area contributed by atoms with E-state index in [2.05, 4.69) is 20.3 Å². The van der Waals surface area contributed by atoms with E-state index in [0.29, 0.717) is 17.9 Å². The van der Waals surface area contributed by atoms with Crippen LogP contribution in [0.3, 0.4) is 0 Å². The second-order valence-corrected chi connectivity index (χ2v) is 3.50. The second-order valence-electron chi connectivity index (χ2n) is 3.50. The Morgan fingerprint density at radius 3 is 3.00 bits per heavy atom. The maximum atomic E-state index is 10.8. The first-order valence-electron chi connectivity index (χ1n) is 4.79. The van der Waals surface area contributed by atoms with Crippen molar-refractivity contribution in [2.75, 3.05) is 0 Å². The van der Waals surface area contributed by atoms with Crippen LogP contribution >= 0.6 is 0 Å². The fraction of sp³-hybridized carbons (Fsp3) is 0.333. The minimum Gasteiger partial charge on any atom is -0.332 e. The number of aromatic nitrogens is 4. The van der Waals surface area contributed by atoms with Crippen molar-refractivity contribution in [2.24, 2.45) is 5.73 Å². The Morgan fingerprint density at radius 1 is 1.56 bits per heavy atom. The Balaban J connectivity index is 2.24. The molecule has 7 heteroatoms. The Bertz CT molecular complexity index is 510. The van der Waals surface area contributed by atoms with Crippen LogP contribution in [0.15, 0.2) is 21.5 Å². The molecule has 16 heavy (non-hydrogen) atoms. The monoisotopic (exact) mass is 221 g/mol. The molecule has 0 amide bonds. The van der Waals surface area contributed by atoms with E-state index >= 15 is 0 Å². The quantitative estimate of drug-likeness (QED) is 0.736. The molecular formula is C9H11N5O2. The van der Waals surface area contributed by atoms with Gasteiger partial charge in [0.05, 0.1) is 0 Å². The first kappa shape index (κ1) is 10.5. The molecule has 0 aliphatic heterocycles. The molecule has 0 bridgehead atoms. The molecular weight excluding hydrogens is 210 g/mol. The zero-order chi connectivity index (χ0) is 11.5. The Hall–Kier alpha value is -2.02. The number of nitrogens with one attached hydrogen (secondary N) is 1. The maximum absolute atomic E-state index is 10.8. The highest BCUT2D eigenvalue weighted by molar-refractivity contribution is 5.44. The number of rotatable bonds is 3. The van der Waals surface area contributed by atoms with Crippen LogP contribution in [0.25, 0.3) is 11.6 Å². The fourth-order valence-electron chi connectivity index (χ4n) is 1.19. The van der Waals surface area contributed by atoms with Crippen molar-refractivity contribution in [3.63, 3.8) is 0 Å². The zero-order valence-electron chi connectivity index (χ0n) is 8.67. The molecule has 0 radical (unpaired) electrons. The van der Waals surface area contributed by atoms with Crippen molar-refractivity contribution in [2.45, 2.75) is 19.4 Å². The summed E-state index contributed by atoms with van der Waals surface area (Å²) in [5.41, 5.74) is 5.76. The van der Waals surface area contributed by atoms with Crippen LogP contribution in [0, 0.1) is 0 Å². The number of hydrogen-bond acceptors (Lipinski definition) is 6. The predicted molar refractivity (Wildman–Crippen MR) is 55.5 cm³/mol. The lowest BCUT2D eigenvalue weighted by Crippen LogP contribution is -2.18. The molecule has 0 fully saturated rings. The average Bonchev–Trinajstić information content (AvgIpc) is 2.66. The van der Waals surface area contributed by atoms with Gasteiger partial charge in [0.15, 0.2) is 5.82 Å². The summed E-state index contributed by atoms with van der Waals surface area (Å²) in [5.74, 6) is 0.796. The SMILES string of the molecule is CC(N)Cc1noc(-c2ccc(=O)[nH]n2)n1. The standard InChI is InChI=1S/C9H11N5O2/c1-5(10)4-7-11-9(16-14-7)6-2-3-8(15)13-12-6/h2-3,5H,4,10H2,1H3,(H,13,15). The topological polar surface area (TPSA) is 111 Å². The van der Waals surface area contributed by atoms with Crippen LogP contribution in [0.2, 0.25) is 0 Å². The molecule has 0 aliphatic rings. The van der Waals surface area contributed by atoms with Crippen LogP contribution in [0.5, 0.6) is 0 Å². The van der Waals surface area contributed by atoms with E-state index in [1.165, 1.54) is 12.1 Å². The molecule has 1 unspecified atom stereocenters. The van der Waals surface area contributed by atoms with Gasteiger partial charge >= 0.3 is 0 Å². The van der Waals surface area contributed by atoms with E-state index in [-0.39, 0.29) is 17.5 Å². The third-order valence-electron chi connectivity index (χ3n) is 1.87. The van der Waals surface area contributed by atoms with Gasteiger partial charge in [-0.15, -0.1) is 0 Å². The van der Waals surface area contributed by atoms with Crippen molar-refractivity contribution in [3.05, 3.63) is 28.3 Å². The van der Waals surface area contributed by atoms with E-state index < -0.39 is 0 Å². The summed E-state index contributed by atoms with van der Waals surface area (Å²) in [6.07, 6.45) is 0.535. The number of H-pyrrole nitrogens is 1. The largest absolute Gasteiger partial charge is 0.332 e. The van der Waals surface area contributed by atoms with Crippen LogP contribution < -0.4 is 11.3 Å². The average molecular weight is 221 g/mol. The Morgan fingerprint density at radius 2 is 2.38 bits per heavy atom. The number of nitrogens with two attached hydrogens (primary N) is 1. The van der Waals surface area contributed by atoms with E-state index in [1.807, 2.05) is 6.92 Å². The Labute approximate surface area is 90.7 Å². The third kappa shape index (κ3) is 2.31. The smallest absolute Gasteiger partial charge is 0.278 e. The van der Waals surface area contributed by atoms with E-state index in [0.717, 1.165) is 0 Å². The molecule has 84 valence electrons. The van der Waals surface area contributed by atoms with Gasteiger partial charge in [-0.2, -0.15) is 10.1 Å². The molecule has 0 aromatic carbocycles. The molecule has 7 nitrogen and oxygen atoms in total. The highest BCUT2D eigenvalue weighted by Gasteiger charge is 2.11. The number of nitrogens with zero attached hydrogens (tertiary/aromatic N) is 3. The maximum Gasteiger partial charge on any atom is 0.278 e. The molecule has 2 aromatic rings. The highest BCUT2D eigenvalue weighted by Crippen LogP contribution is 2.12. The van der Waals surface area contributed by atoms with Gasteiger partial charge in [-0.1, -0.05) is 5.16 Å².